The van der Waals surface area contributed by atoms with Crippen LogP contribution in [0.4, 0.5) is 0 Å². The van der Waals surface area contributed by atoms with E-state index in [2.05, 4.69) is 46.9 Å². The molecular weight excluding hydrogens is 312 g/mol. The van der Waals surface area contributed by atoms with Crippen molar-refractivity contribution in [1.29, 1.82) is 5.26 Å². The molecule has 3 atom stereocenters. The second-order valence-electron chi connectivity index (χ2n) is 6.33. The van der Waals surface area contributed by atoms with Crippen molar-refractivity contribution < 1.29 is 0 Å². The Bertz CT molecular complexity index is 494. The molecule has 1 aliphatic rings. The van der Waals surface area contributed by atoms with E-state index in [-0.39, 0.29) is 5.41 Å². The van der Waals surface area contributed by atoms with Gasteiger partial charge < -0.3 is 0 Å². The lowest BCUT2D eigenvalue weighted by Gasteiger charge is -2.29. The summed E-state index contributed by atoms with van der Waals surface area (Å²) in [5.41, 5.74) is 0.733. The molecule has 1 aromatic heterocycles. The van der Waals surface area contributed by atoms with Gasteiger partial charge in [0.05, 0.1) is 11.5 Å². The van der Waals surface area contributed by atoms with E-state index in [4.69, 9.17) is 0 Å². The molecule has 0 saturated heterocycles. The predicted molar refractivity (Wildman–Crippen MR) is 85.3 cm³/mol. The van der Waals surface area contributed by atoms with E-state index in [0.717, 1.165) is 22.9 Å². The normalized spacial score (nSPS) is 30.5. The van der Waals surface area contributed by atoms with Crippen molar-refractivity contribution >= 4 is 15.9 Å². The van der Waals surface area contributed by atoms with Crippen LogP contribution in [0.15, 0.2) is 22.9 Å². The quantitative estimate of drug-likeness (QED) is 0.709. The smallest absolute Gasteiger partial charge is 0.0842 e. The van der Waals surface area contributed by atoms with Gasteiger partial charge in [-0.15, -0.1) is 0 Å². The zero-order chi connectivity index (χ0) is 14.6. The summed E-state index contributed by atoms with van der Waals surface area (Å²) in [5, 5.41) is 9.92. The number of pyridine rings is 1. The minimum atomic E-state index is -0.355. The second kappa shape index (κ2) is 6.72. The molecule has 108 valence electrons. The number of hydrogen-bond acceptors (Lipinski definition) is 2. The van der Waals surface area contributed by atoms with Crippen molar-refractivity contribution in [1.82, 2.24) is 4.98 Å². The van der Waals surface area contributed by atoms with Crippen LogP contribution in [0.25, 0.3) is 0 Å². The zero-order valence-electron chi connectivity index (χ0n) is 12.4. The van der Waals surface area contributed by atoms with Crippen LogP contribution in [0.3, 0.4) is 0 Å². The molecule has 20 heavy (non-hydrogen) atoms. The highest BCUT2D eigenvalue weighted by molar-refractivity contribution is 9.10. The van der Waals surface area contributed by atoms with Crippen LogP contribution >= 0.6 is 15.9 Å². The molecule has 1 aliphatic carbocycles. The van der Waals surface area contributed by atoms with Crippen LogP contribution in [0.5, 0.6) is 0 Å². The fourth-order valence-electron chi connectivity index (χ4n) is 3.62. The first-order chi connectivity index (χ1) is 9.59. The molecule has 0 radical (unpaired) electrons. The summed E-state index contributed by atoms with van der Waals surface area (Å²) in [6.45, 7) is 4.52. The third-order valence-electron chi connectivity index (χ3n) is 4.57. The average molecular weight is 335 g/mol. The van der Waals surface area contributed by atoms with E-state index in [0.29, 0.717) is 11.8 Å². The predicted octanol–water partition coefficient (Wildman–Crippen LogP) is 5.23. The maximum atomic E-state index is 9.92. The highest BCUT2D eigenvalue weighted by Crippen LogP contribution is 2.43. The molecule has 0 spiro atoms. The summed E-state index contributed by atoms with van der Waals surface area (Å²) in [6, 6.07) is 4.74. The highest BCUT2D eigenvalue weighted by Gasteiger charge is 2.39. The van der Waals surface area contributed by atoms with Gasteiger partial charge in [-0.3, -0.25) is 4.98 Å². The van der Waals surface area contributed by atoms with Gasteiger partial charge in [0.15, 0.2) is 0 Å². The van der Waals surface area contributed by atoms with E-state index >= 15 is 0 Å². The zero-order valence-corrected chi connectivity index (χ0v) is 14.0. The molecule has 0 bridgehead atoms. The van der Waals surface area contributed by atoms with Gasteiger partial charge in [0.1, 0.15) is 0 Å². The monoisotopic (exact) mass is 334 g/mol. The molecule has 2 nitrogen and oxygen atoms in total. The molecule has 2 rings (SSSR count). The van der Waals surface area contributed by atoms with Crippen molar-refractivity contribution in [2.45, 2.75) is 57.8 Å². The maximum Gasteiger partial charge on any atom is 0.0842 e. The summed E-state index contributed by atoms with van der Waals surface area (Å²) in [5.74, 6) is 1.28. The second-order valence-corrected chi connectivity index (χ2v) is 7.25. The van der Waals surface area contributed by atoms with E-state index in [1.165, 1.54) is 25.7 Å². The van der Waals surface area contributed by atoms with Crippen LogP contribution in [0.2, 0.25) is 0 Å². The molecule has 0 amide bonds. The molecular formula is C17H23BrN2. The van der Waals surface area contributed by atoms with E-state index < -0.39 is 0 Å². The van der Waals surface area contributed by atoms with Crippen molar-refractivity contribution in [3.8, 4) is 6.07 Å². The summed E-state index contributed by atoms with van der Waals surface area (Å²) >= 11 is 3.49. The Kier molecular flexibility index (Phi) is 5.21. The first kappa shape index (κ1) is 15.5. The Morgan fingerprint density at radius 2 is 2.20 bits per heavy atom. The van der Waals surface area contributed by atoms with Crippen molar-refractivity contribution in [3.63, 3.8) is 0 Å². The van der Waals surface area contributed by atoms with Crippen molar-refractivity contribution in [2.75, 3.05) is 0 Å². The minimum Gasteiger partial charge on any atom is -0.263 e. The SMILES string of the molecule is CCCC1CCC(C)CC(C#N)(c2cncc(Br)c2)C1. The van der Waals surface area contributed by atoms with E-state index in [9.17, 15) is 5.26 Å². The fourth-order valence-corrected chi connectivity index (χ4v) is 3.98. The van der Waals surface area contributed by atoms with Gasteiger partial charge >= 0.3 is 0 Å². The molecule has 1 heterocycles. The number of hydrogen-bond donors (Lipinski definition) is 0. The van der Waals surface area contributed by atoms with Crippen LogP contribution in [0.1, 0.15) is 57.9 Å². The van der Waals surface area contributed by atoms with Gasteiger partial charge in [-0.25, -0.2) is 0 Å². The maximum absolute atomic E-state index is 9.92. The van der Waals surface area contributed by atoms with Crippen molar-refractivity contribution in [2.24, 2.45) is 11.8 Å². The van der Waals surface area contributed by atoms with Crippen molar-refractivity contribution in [3.05, 3.63) is 28.5 Å². The molecule has 3 heteroatoms. The largest absolute Gasteiger partial charge is 0.263 e. The Morgan fingerprint density at radius 3 is 2.85 bits per heavy atom. The summed E-state index contributed by atoms with van der Waals surface area (Å²) in [4.78, 5) is 4.28. The summed E-state index contributed by atoms with van der Waals surface area (Å²) in [6.07, 6.45) is 10.6. The molecule has 1 saturated carbocycles. The van der Waals surface area contributed by atoms with Crippen LogP contribution < -0.4 is 0 Å². The first-order valence-electron chi connectivity index (χ1n) is 7.62. The van der Waals surface area contributed by atoms with E-state index in [1.807, 2.05) is 6.20 Å². The number of aromatic nitrogens is 1. The molecule has 1 fully saturated rings. The number of nitriles is 1. The number of rotatable bonds is 3. The van der Waals surface area contributed by atoms with Gasteiger partial charge in [0, 0.05) is 16.9 Å². The van der Waals surface area contributed by atoms with Crippen LogP contribution in [-0.4, -0.2) is 4.98 Å². The number of halogens is 1. The topological polar surface area (TPSA) is 36.7 Å². The minimum absolute atomic E-state index is 0.355. The summed E-state index contributed by atoms with van der Waals surface area (Å²) in [7, 11) is 0. The van der Waals surface area contributed by atoms with Gasteiger partial charge in [0.25, 0.3) is 0 Å². The lowest BCUT2D eigenvalue weighted by Crippen LogP contribution is -2.27. The van der Waals surface area contributed by atoms with Gasteiger partial charge in [-0.1, -0.05) is 39.5 Å². The van der Waals surface area contributed by atoms with Crippen LogP contribution in [-0.2, 0) is 5.41 Å². The summed E-state index contributed by atoms with van der Waals surface area (Å²) < 4.78 is 0.966. The Hall–Kier alpha value is -0.880. The average Bonchev–Trinajstić information content (AvgIpc) is 2.60. The molecule has 0 N–H and O–H groups in total. The Balaban J connectivity index is 2.37. The van der Waals surface area contributed by atoms with Gasteiger partial charge in [-0.2, -0.15) is 5.26 Å². The molecule has 0 aromatic carbocycles. The Morgan fingerprint density at radius 1 is 1.40 bits per heavy atom. The van der Waals surface area contributed by atoms with Gasteiger partial charge in [-0.05, 0) is 52.2 Å². The third-order valence-corrected chi connectivity index (χ3v) is 5.00. The standard InChI is InChI=1S/C17H23BrN2/c1-3-4-14-6-5-13(2)8-17(9-14,12-19)15-7-16(18)11-20-10-15/h7,10-11,13-14H,3-6,8-9H2,1-2H3. The van der Waals surface area contributed by atoms with Crippen LogP contribution in [0, 0.1) is 23.2 Å². The lowest BCUT2D eigenvalue weighted by atomic mass is 9.72. The third kappa shape index (κ3) is 3.41. The molecule has 3 unspecified atom stereocenters. The van der Waals surface area contributed by atoms with Gasteiger partial charge in [0.2, 0.25) is 0 Å². The number of nitrogens with zero attached hydrogens (tertiary/aromatic N) is 2. The lowest BCUT2D eigenvalue weighted by molar-refractivity contribution is 0.353. The first-order valence-corrected chi connectivity index (χ1v) is 8.41. The Labute approximate surface area is 130 Å². The van der Waals surface area contributed by atoms with E-state index in [1.54, 1.807) is 6.20 Å². The molecule has 0 aliphatic heterocycles. The fraction of sp³-hybridized carbons (Fsp3) is 0.647. The molecule has 1 aromatic rings. The highest BCUT2D eigenvalue weighted by atomic mass is 79.9.